The van der Waals surface area contributed by atoms with Crippen LogP contribution in [-0.2, 0) is 14.6 Å². The summed E-state index contributed by atoms with van der Waals surface area (Å²) in [5.74, 6) is 0.880. The summed E-state index contributed by atoms with van der Waals surface area (Å²) in [5, 5.41) is 0. The molecule has 1 aromatic rings. The maximum Gasteiger partial charge on any atom is 0.410 e. The standard InChI is InChI=1S/C16H23NO5S/c1-16(2,3)22-15(18)17-9-12(10-17)11-21-13-5-7-14(8-6-13)23(4,19)20/h5-8,12H,9-11H2,1-4H3. The van der Waals surface area contributed by atoms with E-state index in [2.05, 4.69) is 0 Å². The molecule has 0 spiro atoms. The van der Waals surface area contributed by atoms with Gasteiger partial charge in [-0.15, -0.1) is 0 Å². The van der Waals surface area contributed by atoms with Gasteiger partial charge in [-0.05, 0) is 45.0 Å². The molecule has 0 radical (unpaired) electrons. The number of benzene rings is 1. The van der Waals surface area contributed by atoms with Gasteiger partial charge < -0.3 is 14.4 Å². The smallest absolute Gasteiger partial charge is 0.410 e. The lowest BCUT2D eigenvalue weighted by atomic mass is 10.0. The molecule has 0 saturated carbocycles. The van der Waals surface area contributed by atoms with Gasteiger partial charge in [0.25, 0.3) is 0 Å². The summed E-state index contributed by atoms with van der Waals surface area (Å²) in [6, 6.07) is 6.33. The van der Waals surface area contributed by atoms with E-state index in [0.29, 0.717) is 25.4 Å². The minimum absolute atomic E-state index is 0.261. The van der Waals surface area contributed by atoms with Gasteiger partial charge >= 0.3 is 6.09 Å². The first-order valence-electron chi connectivity index (χ1n) is 7.45. The third-order valence-electron chi connectivity index (χ3n) is 3.35. The van der Waals surface area contributed by atoms with Crippen molar-refractivity contribution < 1.29 is 22.7 Å². The Bertz CT molecular complexity index is 655. The zero-order chi connectivity index (χ0) is 17.3. The Labute approximate surface area is 137 Å². The Balaban J connectivity index is 1.76. The molecule has 0 aromatic heterocycles. The number of carbonyl (C=O) groups excluding carboxylic acids is 1. The molecule has 128 valence electrons. The van der Waals surface area contributed by atoms with Gasteiger partial charge in [0.15, 0.2) is 9.84 Å². The van der Waals surface area contributed by atoms with Crippen LogP contribution in [0.15, 0.2) is 29.2 Å². The Morgan fingerprint density at radius 1 is 1.22 bits per heavy atom. The number of nitrogens with zero attached hydrogens (tertiary/aromatic N) is 1. The van der Waals surface area contributed by atoms with E-state index in [1.54, 1.807) is 17.0 Å². The van der Waals surface area contributed by atoms with Crippen LogP contribution in [0.5, 0.6) is 5.75 Å². The summed E-state index contributed by atoms with van der Waals surface area (Å²) in [6.45, 7) is 7.21. The molecule has 0 unspecified atom stereocenters. The summed E-state index contributed by atoms with van der Waals surface area (Å²) < 4.78 is 33.7. The summed E-state index contributed by atoms with van der Waals surface area (Å²) in [4.78, 5) is 13.7. The number of hydrogen-bond donors (Lipinski definition) is 0. The fourth-order valence-electron chi connectivity index (χ4n) is 2.15. The Morgan fingerprint density at radius 2 is 1.78 bits per heavy atom. The third-order valence-corrected chi connectivity index (χ3v) is 4.47. The second-order valence-electron chi connectivity index (χ2n) is 6.81. The summed E-state index contributed by atoms with van der Waals surface area (Å²) in [6.07, 6.45) is 0.869. The Kier molecular flexibility index (Phi) is 4.89. The minimum atomic E-state index is -3.19. The second kappa shape index (κ2) is 6.39. The molecule has 1 aliphatic heterocycles. The SMILES string of the molecule is CC(C)(C)OC(=O)N1CC(COc2ccc(S(C)(=O)=O)cc2)C1. The van der Waals surface area contributed by atoms with Crippen LogP contribution < -0.4 is 4.74 Å². The van der Waals surface area contributed by atoms with Crippen LogP contribution in [0.3, 0.4) is 0 Å². The summed E-state index contributed by atoms with van der Waals surface area (Å²) in [7, 11) is -3.19. The Morgan fingerprint density at radius 3 is 2.26 bits per heavy atom. The molecule has 1 saturated heterocycles. The van der Waals surface area contributed by atoms with Gasteiger partial charge in [0.1, 0.15) is 11.4 Å². The van der Waals surface area contributed by atoms with Crippen LogP contribution in [0, 0.1) is 5.92 Å². The molecule has 0 bridgehead atoms. The van der Waals surface area contributed by atoms with Gasteiger partial charge in [-0.2, -0.15) is 0 Å². The van der Waals surface area contributed by atoms with Crippen LogP contribution in [0.2, 0.25) is 0 Å². The first-order chi connectivity index (χ1) is 10.5. The molecule has 6 nitrogen and oxygen atoms in total. The number of carbonyl (C=O) groups is 1. The fourth-order valence-corrected chi connectivity index (χ4v) is 2.78. The highest BCUT2D eigenvalue weighted by Crippen LogP contribution is 2.22. The van der Waals surface area contributed by atoms with Gasteiger partial charge in [0.2, 0.25) is 0 Å². The van der Waals surface area contributed by atoms with E-state index >= 15 is 0 Å². The zero-order valence-electron chi connectivity index (χ0n) is 13.9. The third kappa shape index (κ3) is 5.13. The van der Waals surface area contributed by atoms with Crippen LogP contribution in [0.1, 0.15) is 20.8 Å². The molecule has 23 heavy (non-hydrogen) atoms. The quantitative estimate of drug-likeness (QED) is 0.840. The van der Waals surface area contributed by atoms with Crippen molar-refractivity contribution >= 4 is 15.9 Å². The van der Waals surface area contributed by atoms with Crippen molar-refractivity contribution in [2.75, 3.05) is 26.0 Å². The first kappa shape index (κ1) is 17.6. The van der Waals surface area contributed by atoms with Gasteiger partial charge in [-0.25, -0.2) is 13.2 Å². The molecule has 1 aromatic carbocycles. The van der Waals surface area contributed by atoms with Crippen LogP contribution in [0.25, 0.3) is 0 Å². The number of hydrogen-bond acceptors (Lipinski definition) is 5. The van der Waals surface area contributed by atoms with E-state index in [0.717, 1.165) is 0 Å². The summed E-state index contributed by atoms with van der Waals surface area (Å²) in [5.41, 5.74) is -0.486. The van der Waals surface area contributed by atoms with Gasteiger partial charge in [-0.3, -0.25) is 0 Å². The highest BCUT2D eigenvalue weighted by Gasteiger charge is 2.34. The number of likely N-dealkylation sites (tertiary alicyclic amines) is 1. The normalized spacial score (nSPS) is 15.9. The predicted octanol–water partition coefficient (Wildman–Crippen LogP) is 2.34. The fraction of sp³-hybridized carbons (Fsp3) is 0.562. The number of sulfone groups is 1. The molecule has 7 heteroatoms. The number of rotatable bonds is 4. The van der Waals surface area contributed by atoms with Crippen LogP contribution in [0.4, 0.5) is 4.79 Å². The van der Waals surface area contributed by atoms with Crippen molar-refractivity contribution in [3.05, 3.63) is 24.3 Å². The van der Waals surface area contributed by atoms with E-state index in [-0.39, 0.29) is 16.9 Å². The molecule has 0 aliphatic carbocycles. The average molecular weight is 341 g/mol. The average Bonchev–Trinajstić information content (AvgIpc) is 2.34. The van der Waals surface area contributed by atoms with Crippen molar-refractivity contribution in [2.24, 2.45) is 5.92 Å². The van der Waals surface area contributed by atoms with Crippen molar-refractivity contribution in [3.8, 4) is 5.75 Å². The van der Waals surface area contributed by atoms with Gasteiger partial charge in [0.05, 0.1) is 11.5 Å². The minimum Gasteiger partial charge on any atom is -0.493 e. The van der Waals surface area contributed by atoms with Crippen molar-refractivity contribution in [1.82, 2.24) is 4.90 Å². The van der Waals surface area contributed by atoms with Gasteiger partial charge in [0, 0.05) is 25.3 Å². The van der Waals surface area contributed by atoms with E-state index in [4.69, 9.17) is 9.47 Å². The van der Waals surface area contributed by atoms with E-state index in [1.807, 2.05) is 20.8 Å². The largest absolute Gasteiger partial charge is 0.493 e. The van der Waals surface area contributed by atoms with Crippen LogP contribution >= 0.6 is 0 Å². The molecule has 1 heterocycles. The molecule has 1 amide bonds. The number of amides is 1. The lowest BCUT2D eigenvalue weighted by molar-refractivity contribution is -0.00781. The van der Waals surface area contributed by atoms with E-state index in [1.165, 1.54) is 18.4 Å². The van der Waals surface area contributed by atoms with E-state index < -0.39 is 15.4 Å². The highest BCUT2D eigenvalue weighted by molar-refractivity contribution is 7.90. The van der Waals surface area contributed by atoms with Crippen molar-refractivity contribution in [2.45, 2.75) is 31.3 Å². The molecule has 2 rings (SSSR count). The lowest BCUT2D eigenvalue weighted by Crippen LogP contribution is -2.53. The first-order valence-corrected chi connectivity index (χ1v) is 9.34. The molecule has 1 fully saturated rings. The maximum atomic E-state index is 11.8. The molecular weight excluding hydrogens is 318 g/mol. The Hall–Kier alpha value is -1.76. The number of ether oxygens (including phenoxy) is 2. The highest BCUT2D eigenvalue weighted by atomic mass is 32.2. The lowest BCUT2D eigenvalue weighted by Gasteiger charge is -2.39. The second-order valence-corrected chi connectivity index (χ2v) is 8.82. The van der Waals surface area contributed by atoms with Crippen LogP contribution in [-0.4, -0.2) is 51.0 Å². The molecule has 1 aliphatic rings. The zero-order valence-corrected chi connectivity index (χ0v) is 14.7. The summed E-state index contributed by atoms with van der Waals surface area (Å²) >= 11 is 0. The maximum absolute atomic E-state index is 11.8. The van der Waals surface area contributed by atoms with Gasteiger partial charge in [-0.1, -0.05) is 0 Å². The van der Waals surface area contributed by atoms with Crippen molar-refractivity contribution in [3.63, 3.8) is 0 Å². The van der Waals surface area contributed by atoms with E-state index in [9.17, 15) is 13.2 Å². The predicted molar refractivity (Wildman–Crippen MR) is 86.3 cm³/mol. The molecule has 0 N–H and O–H groups in total. The topological polar surface area (TPSA) is 72.9 Å². The monoisotopic (exact) mass is 341 g/mol. The molecular formula is C16H23NO5S. The molecule has 0 atom stereocenters. The van der Waals surface area contributed by atoms with Crippen molar-refractivity contribution in [1.29, 1.82) is 0 Å².